The molecule has 0 bridgehead atoms. The van der Waals surface area contributed by atoms with Crippen molar-refractivity contribution in [2.45, 2.75) is 18.2 Å². The molecule has 2 aromatic carbocycles. The molecule has 2 aromatic rings. The minimum Gasteiger partial charge on any atom is -0.351 e. The molecule has 0 aromatic heterocycles. The Kier molecular flexibility index (Phi) is 7.82. The number of halogens is 2. The van der Waals surface area contributed by atoms with E-state index in [-0.39, 0.29) is 39.8 Å². The van der Waals surface area contributed by atoms with Gasteiger partial charge in [0, 0.05) is 30.8 Å². The molecule has 0 spiro atoms. The molecular formula is C18H19Cl2N3O4S. The van der Waals surface area contributed by atoms with Gasteiger partial charge in [0.2, 0.25) is 15.9 Å². The Morgan fingerprint density at radius 2 is 1.64 bits per heavy atom. The third-order valence-electron chi connectivity index (χ3n) is 3.66. The molecule has 0 fully saturated rings. The SMILES string of the molecule is CCC(=O)Nc1ccc(C(=O)NCCNS(=O)(=O)c2ccc(Cl)c(Cl)c2)cc1. The highest BCUT2D eigenvalue weighted by molar-refractivity contribution is 7.89. The molecule has 2 amide bonds. The van der Waals surface area contributed by atoms with Gasteiger partial charge in [0.25, 0.3) is 5.91 Å². The molecule has 0 saturated heterocycles. The third-order valence-corrected chi connectivity index (χ3v) is 5.85. The van der Waals surface area contributed by atoms with Crippen LogP contribution in [0.2, 0.25) is 10.0 Å². The fourth-order valence-electron chi connectivity index (χ4n) is 2.15. The minimum atomic E-state index is -3.77. The molecule has 10 heteroatoms. The molecule has 150 valence electrons. The molecule has 0 heterocycles. The predicted octanol–water partition coefficient (Wildman–Crippen LogP) is 3.05. The summed E-state index contributed by atoms with van der Waals surface area (Å²) >= 11 is 11.6. The molecule has 0 saturated carbocycles. The molecule has 0 unspecified atom stereocenters. The Labute approximate surface area is 173 Å². The summed E-state index contributed by atoms with van der Waals surface area (Å²) in [4.78, 5) is 23.4. The van der Waals surface area contributed by atoms with Gasteiger partial charge in [0.1, 0.15) is 0 Å². The van der Waals surface area contributed by atoms with E-state index in [2.05, 4.69) is 15.4 Å². The summed E-state index contributed by atoms with van der Waals surface area (Å²) in [6.45, 7) is 1.83. The van der Waals surface area contributed by atoms with Crippen molar-refractivity contribution >= 4 is 50.7 Å². The topological polar surface area (TPSA) is 104 Å². The van der Waals surface area contributed by atoms with Crippen LogP contribution in [0.25, 0.3) is 0 Å². The van der Waals surface area contributed by atoms with Crippen LogP contribution < -0.4 is 15.4 Å². The van der Waals surface area contributed by atoms with Crippen LogP contribution in [0.3, 0.4) is 0 Å². The van der Waals surface area contributed by atoms with Gasteiger partial charge < -0.3 is 10.6 Å². The van der Waals surface area contributed by atoms with Crippen LogP contribution >= 0.6 is 23.2 Å². The number of anilines is 1. The van der Waals surface area contributed by atoms with Gasteiger partial charge in [0.05, 0.1) is 14.9 Å². The largest absolute Gasteiger partial charge is 0.351 e. The van der Waals surface area contributed by atoms with Crippen molar-refractivity contribution in [3.05, 3.63) is 58.1 Å². The van der Waals surface area contributed by atoms with Crippen LogP contribution in [0.15, 0.2) is 47.4 Å². The number of sulfonamides is 1. The average molecular weight is 444 g/mol. The quantitative estimate of drug-likeness (QED) is 0.545. The van der Waals surface area contributed by atoms with Crippen molar-refractivity contribution in [2.75, 3.05) is 18.4 Å². The van der Waals surface area contributed by atoms with Crippen molar-refractivity contribution in [1.29, 1.82) is 0 Å². The number of rotatable bonds is 8. The van der Waals surface area contributed by atoms with Gasteiger partial charge in [0.15, 0.2) is 0 Å². The Hall–Kier alpha value is -2.13. The van der Waals surface area contributed by atoms with Crippen LogP contribution in [0, 0.1) is 0 Å². The van der Waals surface area contributed by atoms with Gasteiger partial charge in [-0.1, -0.05) is 30.1 Å². The second-order valence-corrected chi connectivity index (χ2v) is 8.29. The summed E-state index contributed by atoms with van der Waals surface area (Å²) in [5.74, 6) is -0.478. The first-order chi connectivity index (χ1) is 13.2. The first-order valence-corrected chi connectivity index (χ1v) is 10.6. The van der Waals surface area contributed by atoms with Crippen molar-refractivity contribution in [3.8, 4) is 0 Å². The van der Waals surface area contributed by atoms with Gasteiger partial charge in [-0.05, 0) is 42.5 Å². The molecule has 28 heavy (non-hydrogen) atoms. The zero-order chi connectivity index (χ0) is 20.7. The van der Waals surface area contributed by atoms with Crippen molar-refractivity contribution in [3.63, 3.8) is 0 Å². The summed E-state index contributed by atoms with van der Waals surface area (Å²) < 4.78 is 26.8. The Balaban J connectivity index is 1.84. The van der Waals surface area contributed by atoms with E-state index in [1.807, 2.05) is 0 Å². The maximum absolute atomic E-state index is 12.2. The normalized spacial score (nSPS) is 11.1. The fourth-order valence-corrected chi connectivity index (χ4v) is 3.57. The standard InChI is InChI=1S/C18H19Cl2N3O4S/c1-2-17(24)23-13-5-3-12(4-6-13)18(25)21-9-10-22-28(26,27)14-7-8-15(19)16(20)11-14/h3-8,11,22H,2,9-10H2,1H3,(H,21,25)(H,23,24). The van der Waals surface area contributed by atoms with E-state index in [1.54, 1.807) is 31.2 Å². The van der Waals surface area contributed by atoms with E-state index in [0.717, 1.165) is 0 Å². The summed E-state index contributed by atoms with van der Waals surface area (Å²) in [6.07, 6.45) is 0.361. The first-order valence-electron chi connectivity index (χ1n) is 8.35. The molecule has 7 nitrogen and oxygen atoms in total. The number of hydrogen-bond acceptors (Lipinski definition) is 4. The number of amides is 2. The van der Waals surface area contributed by atoms with Crippen LogP contribution in [0.5, 0.6) is 0 Å². The van der Waals surface area contributed by atoms with Crippen molar-refractivity contribution in [2.24, 2.45) is 0 Å². The maximum Gasteiger partial charge on any atom is 0.251 e. The zero-order valence-corrected chi connectivity index (χ0v) is 17.3. The van der Waals surface area contributed by atoms with Crippen LogP contribution in [-0.4, -0.2) is 33.3 Å². The maximum atomic E-state index is 12.2. The number of benzene rings is 2. The van der Waals surface area contributed by atoms with Crippen LogP contribution in [0.1, 0.15) is 23.7 Å². The summed E-state index contributed by atoms with van der Waals surface area (Å²) in [5, 5.41) is 5.69. The lowest BCUT2D eigenvalue weighted by Crippen LogP contribution is -2.34. The molecular weight excluding hydrogens is 425 g/mol. The van der Waals surface area contributed by atoms with E-state index >= 15 is 0 Å². The Bertz CT molecular complexity index is 963. The first kappa shape index (κ1) is 22.2. The smallest absolute Gasteiger partial charge is 0.251 e. The Morgan fingerprint density at radius 3 is 2.25 bits per heavy atom. The number of nitrogens with one attached hydrogen (secondary N) is 3. The lowest BCUT2D eigenvalue weighted by Gasteiger charge is -2.09. The lowest BCUT2D eigenvalue weighted by molar-refractivity contribution is -0.115. The van der Waals surface area contributed by atoms with E-state index in [9.17, 15) is 18.0 Å². The highest BCUT2D eigenvalue weighted by atomic mass is 35.5. The van der Waals surface area contributed by atoms with E-state index in [0.29, 0.717) is 17.7 Å². The molecule has 3 N–H and O–H groups in total. The third kappa shape index (κ3) is 6.20. The number of hydrogen-bond donors (Lipinski definition) is 3. The van der Waals surface area contributed by atoms with E-state index in [4.69, 9.17) is 23.2 Å². The van der Waals surface area contributed by atoms with Crippen molar-refractivity contribution in [1.82, 2.24) is 10.0 Å². The average Bonchev–Trinajstić information content (AvgIpc) is 2.67. The summed E-state index contributed by atoms with van der Waals surface area (Å²) in [6, 6.07) is 10.4. The van der Waals surface area contributed by atoms with Gasteiger partial charge in [-0.3, -0.25) is 9.59 Å². The predicted molar refractivity (Wildman–Crippen MR) is 109 cm³/mol. The van der Waals surface area contributed by atoms with Crippen molar-refractivity contribution < 1.29 is 18.0 Å². The molecule has 0 aliphatic rings. The second kappa shape index (κ2) is 9.88. The number of carbonyl (C=O) groups excluding carboxylic acids is 2. The zero-order valence-electron chi connectivity index (χ0n) is 15.0. The van der Waals surface area contributed by atoms with Gasteiger partial charge >= 0.3 is 0 Å². The summed E-state index contributed by atoms with van der Waals surface area (Å²) in [5.41, 5.74) is 0.986. The van der Waals surface area contributed by atoms with Gasteiger partial charge in [-0.25, -0.2) is 13.1 Å². The molecule has 2 rings (SSSR count). The second-order valence-electron chi connectivity index (χ2n) is 5.71. The molecule has 0 radical (unpaired) electrons. The molecule has 0 aliphatic carbocycles. The molecule has 0 aliphatic heterocycles. The minimum absolute atomic E-state index is 0.00103. The van der Waals surface area contributed by atoms with Gasteiger partial charge in [-0.15, -0.1) is 0 Å². The van der Waals surface area contributed by atoms with Gasteiger partial charge in [-0.2, -0.15) is 0 Å². The monoisotopic (exact) mass is 443 g/mol. The summed E-state index contributed by atoms with van der Waals surface area (Å²) in [7, 11) is -3.77. The fraction of sp³-hybridized carbons (Fsp3) is 0.222. The number of carbonyl (C=O) groups is 2. The highest BCUT2D eigenvalue weighted by Crippen LogP contribution is 2.24. The molecule has 0 atom stereocenters. The lowest BCUT2D eigenvalue weighted by atomic mass is 10.2. The van der Waals surface area contributed by atoms with Crippen LogP contribution in [0.4, 0.5) is 5.69 Å². The van der Waals surface area contributed by atoms with Crippen LogP contribution in [-0.2, 0) is 14.8 Å². The van der Waals surface area contributed by atoms with E-state index in [1.165, 1.54) is 18.2 Å². The van der Waals surface area contributed by atoms with E-state index < -0.39 is 10.0 Å². The Morgan fingerprint density at radius 1 is 0.964 bits per heavy atom. The highest BCUT2D eigenvalue weighted by Gasteiger charge is 2.15.